The summed E-state index contributed by atoms with van der Waals surface area (Å²) in [4.78, 5) is 21.2. The molecule has 0 bridgehead atoms. The van der Waals surface area contributed by atoms with Gasteiger partial charge in [0.25, 0.3) is 0 Å². The van der Waals surface area contributed by atoms with Crippen LogP contribution in [0.15, 0.2) is 52.9 Å². The number of hydrogen-bond donors (Lipinski definition) is 0. The molecule has 9 heteroatoms. The summed E-state index contributed by atoms with van der Waals surface area (Å²) in [5, 5.41) is 7.12. The summed E-state index contributed by atoms with van der Waals surface area (Å²) in [6.07, 6.45) is 3.34. The maximum atomic E-state index is 8.12. The van der Waals surface area contributed by atoms with Crippen LogP contribution in [0, 0.1) is 6.92 Å². The third kappa shape index (κ3) is 6.17. The van der Waals surface area contributed by atoms with Gasteiger partial charge < -0.3 is 0 Å². The van der Waals surface area contributed by atoms with E-state index in [0.717, 1.165) is 38.3 Å². The van der Waals surface area contributed by atoms with Crippen molar-refractivity contribution in [2.45, 2.75) is 43.6 Å². The summed E-state index contributed by atoms with van der Waals surface area (Å²) in [5.41, 5.74) is 6.48. The Bertz CT molecular complexity index is 1330. The minimum absolute atomic E-state index is 0.250. The summed E-state index contributed by atoms with van der Waals surface area (Å²) in [6, 6.07) is 14.3. The van der Waals surface area contributed by atoms with E-state index < -0.39 is 0 Å². The van der Waals surface area contributed by atoms with Gasteiger partial charge in [0, 0.05) is 22.6 Å². The van der Waals surface area contributed by atoms with E-state index in [0.29, 0.717) is 15.3 Å². The molecule has 2 aromatic carbocycles. The van der Waals surface area contributed by atoms with Gasteiger partial charge in [-0.15, -0.1) is 11.8 Å². The van der Waals surface area contributed by atoms with E-state index in [1.165, 1.54) is 11.1 Å². The number of rotatable bonds is 6. The Labute approximate surface area is 217 Å². The van der Waals surface area contributed by atoms with Crippen molar-refractivity contribution >= 4 is 52.5 Å². The molecule has 0 saturated carbocycles. The lowest BCUT2D eigenvalue weighted by Crippen LogP contribution is -1.94. The highest BCUT2D eigenvalue weighted by molar-refractivity contribution is 8.01. The Morgan fingerprint density at radius 3 is 2.47 bits per heavy atom. The molecule has 0 aliphatic rings. The van der Waals surface area contributed by atoms with Crippen LogP contribution >= 0.6 is 46.3 Å². The van der Waals surface area contributed by atoms with E-state index in [-0.39, 0.29) is 6.15 Å². The standard InChI is InChI=1S/C24H23Cl2N3S2.CO2/c1-5-16-7-6-8-17(11-16)19-13-29(28-15(19)4)24-27-22(23(31-24)30-14(2)3)18-9-10-20(25)21(26)12-18;2-1-3/h6-14H,5H2,1-4H3;. The molecule has 0 radical (unpaired) electrons. The Hall–Kier alpha value is -2.41. The minimum atomic E-state index is 0.250. The lowest BCUT2D eigenvalue weighted by atomic mass is 10.0. The highest BCUT2D eigenvalue weighted by Crippen LogP contribution is 2.41. The monoisotopic (exact) mass is 531 g/mol. The first-order valence-corrected chi connectivity index (χ1v) is 13.0. The fourth-order valence-corrected chi connectivity index (χ4v) is 6.06. The van der Waals surface area contributed by atoms with Gasteiger partial charge in [-0.1, -0.05) is 85.6 Å². The molecule has 0 fully saturated rings. The topological polar surface area (TPSA) is 64.8 Å². The average Bonchev–Trinajstić information content (AvgIpc) is 3.39. The van der Waals surface area contributed by atoms with E-state index in [1.807, 2.05) is 29.8 Å². The molecule has 4 aromatic rings. The Morgan fingerprint density at radius 2 is 1.82 bits per heavy atom. The zero-order chi connectivity index (χ0) is 24.8. The average molecular weight is 533 g/mol. The zero-order valence-electron chi connectivity index (χ0n) is 19.1. The molecule has 5 nitrogen and oxygen atoms in total. The SMILES string of the molecule is CCc1cccc(-c2cn(-c3nc(-c4ccc(Cl)c(Cl)c4)c(SC(C)C)s3)nc2C)c1.O=C=O. The van der Waals surface area contributed by atoms with E-state index in [4.69, 9.17) is 42.9 Å². The van der Waals surface area contributed by atoms with Gasteiger partial charge >= 0.3 is 6.15 Å². The molecular formula is C25H23Cl2N3O2S2. The molecular weight excluding hydrogens is 509 g/mol. The molecule has 0 spiro atoms. The fraction of sp³-hybridized carbons (Fsp3) is 0.240. The van der Waals surface area contributed by atoms with Crippen LogP contribution in [0.4, 0.5) is 0 Å². The van der Waals surface area contributed by atoms with Gasteiger partial charge in [0.05, 0.1) is 25.6 Å². The van der Waals surface area contributed by atoms with Crippen molar-refractivity contribution < 1.29 is 9.59 Å². The highest BCUT2D eigenvalue weighted by Gasteiger charge is 2.19. The van der Waals surface area contributed by atoms with Crippen molar-refractivity contribution in [1.29, 1.82) is 0 Å². The van der Waals surface area contributed by atoms with Crippen LogP contribution in [0.25, 0.3) is 27.5 Å². The van der Waals surface area contributed by atoms with Gasteiger partial charge in [-0.2, -0.15) is 14.7 Å². The summed E-state index contributed by atoms with van der Waals surface area (Å²) in [5.74, 6) is 0. The molecule has 176 valence electrons. The van der Waals surface area contributed by atoms with Crippen molar-refractivity contribution in [2.75, 3.05) is 0 Å². The molecule has 34 heavy (non-hydrogen) atoms. The number of halogens is 2. The quantitative estimate of drug-likeness (QED) is 0.238. The highest BCUT2D eigenvalue weighted by atomic mass is 35.5. The first-order valence-electron chi connectivity index (χ1n) is 10.6. The van der Waals surface area contributed by atoms with Crippen molar-refractivity contribution in [2.24, 2.45) is 0 Å². The molecule has 0 saturated heterocycles. The van der Waals surface area contributed by atoms with Crippen LogP contribution in [-0.4, -0.2) is 26.2 Å². The van der Waals surface area contributed by atoms with Crippen LogP contribution in [0.5, 0.6) is 0 Å². The molecule has 0 amide bonds. The number of thioether (sulfide) groups is 1. The third-order valence-electron chi connectivity index (χ3n) is 4.86. The second-order valence-corrected chi connectivity index (χ2v) is 11.3. The lowest BCUT2D eigenvalue weighted by Gasteiger charge is -2.05. The predicted octanol–water partition coefficient (Wildman–Crippen LogP) is 7.76. The van der Waals surface area contributed by atoms with Crippen LogP contribution in [-0.2, 0) is 16.0 Å². The van der Waals surface area contributed by atoms with Crippen LogP contribution in [0.1, 0.15) is 32.0 Å². The first-order chi connectivity index (χ1) is 16.3. The third-order valence-corrected chi connectivity index (χ3v) is 7.86. The summed E-state index contributed by atoms with van der Waals surface area (Å²) < 4.78 is 3.03. The van der Waals surface area contributed by atoms with Crippen molar-refractivity contribution in [3.8, 4) is 27.5 Å². The van der Waals surface area contributed by atoms with Crippen LogP contribution < -0.4 is 0 Å². The molecule has 0 atom stereocenters. The number of benzene rings is 2. The first kappa shape index (κ1) is 26.2. The van der Waals surface area contributed by atoms with Gasteiger partial charge in [-0.25, -0.2) is 9.67 Å². The Morgan fingerprint density at radius 1 is 1.09 bits per heavy atom. The van der Waals surface area contributed by atoms with E-state index in [2.05, 4.69) is 51.2 Å². The largest absolute Gasteiger partial charge is 0.373 e. The molecule has 0 aliphatic heterocycles. The van der Waals surface area contributed by atoms with Gasteiger partial charge in [0.2, 0.25) is 5.13 Å². The van der Waals surface area contributed by atoms with Gasteiger partial charge in [0.15, 0.2) is 0 Å². The summed E-state index contributed by atoms with van der Waals surface area (Å²) in [7, 11) is 0. The van der Waals surface area contributed by atoms with Crippen LogP contribution in [0.3, 0.4) is 0 Å². The predicted molar refractivity (Wildman–Crippen MR) is 140 cm³/mol. The number of carbonyl (C=O) groups excluding carboxylic acids is 2. The van der Waals surface area contributed by atoms with Gasteiger partial charge in [-0.3, -0.25) is 0 Å². The lowest BCUT2D eigenvalue weighted by molar-refractivity contribution is -0.191. The fourth-order valence-electron chi connectivity index (χ4n) is 3.31. The summed E-state index contributed by atoms with van der Waals surface area (Å²) in [6.45, 7) is 8.57. The second kappa shape index (κ2) is 11.8. The number of aromatic nitrogens is 3. The minimum Gasteiger partial charge on any atom is -0.217 e. The number of thiazole rings is 1. The Balaban J connectivity index is 0.00000103. The van der Waals surface area contributed by atoms with Gasteiger partial charge in [0.1, 0.15) is 0 Å². The maximum Gasteiger partial charge on any atom is 0.373 e. The smallest absolute Gasteiger partial charge is 0.217 e. The second-order valence-electron chi connectivity index (χ2n) is 7.64. The maximum absolute atomic E-state index is 8.12. The van der Waals surface area contributed by atoms with E-state index in [1.54, 1.807) is 23.1 Å². The van der Waals surface area contributed by atoms with E-state index in [9.17, 15) is 0 Å². The number of aryl methyl sites for hydroxylation is 2. The molecule has 2 aromatic heterocycles. The van der Waals surface area contributed by atoms with Crippen molar-refractivity contribution in [3.05, 3.63) is 70.0 Å². The van der Waals surface area contributed by atoms with Crippen molar-refractivity contribution in [3.63, 3.8) is 0 Å². The normalized spacial score (nSPS) is 10.7. The molecule has 2 heterocycles. The summed E-state index contributed by atoms with van der Waals surface area (Å²) >= 11 is 15.8. The molecule has 0 aliphatic carbocycles. The Kier molecular flexibility index (Phi) is 9.11. The van der Waals surface area contributed by atoms with Gasteiger partial charge in [-0.05, 0) is 36.6 Å². The van der Waals surface area contributed by atoms with Crippen LogP contribution in [0.2, 0.25) is 10.0 Å². The number of nitrogens with zero attached hydrogens (tertiary/aromatic N) is 3. The number of hydrogen-bond acceptors (Lipinski definition) is 6. The molecule has 4 rings (SSSR count). The molecule has 0 unspecified atom stereocenters. The van der Waals surface area contributed by atoms with E-state index >= 15 is 0 Å². The molecule has 0 N–H and O–H groups in total. The van der Waals surface area contributed by atoms with Crippen molar-refractivity contribution in [1.82, 2.24) is 14.8 Å². The zero-order valence-corrected chi connectivity index (χ0v) is 22.3.